The topological polar surface area (TPSA) is 92.7 Å². The summed E-state index contributed by atoms with van der Waals surface area (Å²) in [5.41, 5.74) is 2.35. The first-order valence-corrected chi connectivity index (χ1v) is 10.2. The van der Waals surface area contributed by atoms with Gasteiger partial charge in [-0.15, -0.1) is 0 Å². The van der Waals surface area contributed by atoms with Crippen molar-refractivity contribution in [3.63, 3.8) is 0 Å². The van der Waals surface area contributed by atoms with Crippen molar-refractivity contribution in [2.45, 2.75) is 39.3 Å². The van der Waals surface area contributed by atoms with Gasteiger partial charge < -0.3 is 10.3 Å². The largest absolute Gasteiger partial charge is 0.346 e. The molecule has 2 N–H and O–H groups in total. The zero-order valence-corrected chi connectivity index (χ0v) is 17.1. The normalized spacial score (nSPS) is 13.4. The van der Waals surface area contributed by atoms with Crippen molar-refractivity contribution in [2.24, 2.45) is 5.92 Å². The highest BCUT2D eigenvalue weighted by Crippen LogP contribution is 2.24. The predicted molar refractivity (Wildman–Crippen MR) is 117 cm³/mol. The molecule has 2 atom stereocenters. The molecule has 0 fully saturated rings. The summed E-state index contributed by atoms with van der Waals surface area (Å²) in [7, 11) is 0. The van der Waals surface area contributed by atoms with Crippen molar-refractivity contribution in [1.82, 2.24) is 24.8 Å². The minimum atomic E-state index is -0.221. The number of nitrogens with one attached hydrogen (secondary N) is 2. The molecule has 0 saturated carbocycles. The Morgan fingerprint density at radius 1 is 1.13 bits per heavy atom. The number of amides is 1. The molecule has 2 heterocycles. The Labute approximate surface area is 174 Å². The van der Waals surface area contributed by atoms with Gasteiger partial charge in [0.25, 0.3) is 5.56 Å². The summed E-state index contributed by atoms with van der Waals surface area (Å²) < 4.78 is 1.49. The maximum absolute atomic E-state index is 12.7. The van der Waals surface area contributed by atoms with Crippen LogP contribution >= 0.6 is 0 Å². The molecule has 7 heteroatoms. The number of rotatable bonds is 7. The number of carbonyl (C=O) groups excluding carboxylic acids is 1. The Balaban J connectivity index is 1.49. The van der Waals surface area contributed by atoms with E-state index < -0.39 is 0 Å². The van der Waals surface area contributed by atoms with Crippen LogP contribution in [0.5, 0.6) is 0 Å². The van der Waals surface area contributed by atoms with Crippen LogP contribution in [-0.2, 0) is 11.3 Å². The summed E-state index contributed by atoms with van der Waals surface area (Å²) >= 11 is 0. The van der Waals surface area contributed by atoms with Gasteiger partial charge >= 0.3 is 0 Å². The first-order chi connectivity index (χ1) is 14.6. The summed E-state index contributed by atoms with van der Waals surface area (Å²) in [5, 5.41) is 3.66. The Hall–Kier alpha value is -3.48. The van der Waals surface area contributed by atoms with Crippen LogP contribution < -0.4 is 10.9 Å². The zero-order chi connectivity index (χ0) is 21.1. The number of para-hydroxylation sites is 3. The van der Waals surface area contributed by atoms with Crippen molar-refractivity contribution in [1.29, 1.82) is 0 Å². The van der Waals surface area contributed by atoms with Crippen molar-refractivity contribution in [3.8, 4) is 0 Å². The zero-order valence-electron chi connectivity index (χ0n) is 17.1. The first kappa shape index (κ1) is 19.8. The fourth-order valence-electron chi connectivity index (χ4n) is 3.57. The lowest BCUT2D eigenvalue weighted by Gasteiger charge is -2.22. The molecule has 0 aliphatic rings. The highest BCUT2D eigenvalue weighted by atomic mass is 16.2. The molecule has 30 heavy (non-hydrogen) atoms. The van der Waals surface area contributed by atoms with E-state index in [1.54, 1.807) is 12.1 Å². The number of nitrogens with zero attached hydrogens (tertiary/aromatic N) is 3. The molecule has 7 nitrogen and oxygen atoms in total. The minimum absolute atomic E-state index is 0.124. The average Bonchev–Trinajstić information content (AvgIpc) is 3.20. The molecule has 0 saturated heterocycles. The van der Waals surface area contributed by atoms with Crippen molar-refractivity contribution in [3.05, 3.63) is 71.0 Å². The second kappa shape index (κ2) is 8.49. The maximum atomic E-state index is 12.7. The molecule has 2 aromatic carbocycles. The van der Waals surface area contributed by atoms with Crippen LogP contribution in [0.25, 0.3) is 21.9 Å². The van der Waals surface area contributed by atoms with Gasteiger partial charge in [0.15, 0.2) is 0 Å². The highest BCUT2D eigenvalue weighted by molar-refractivity contribution is 5.78. The number of hydrogen-bond acceptors (Lipinski definition) is 4. The van der Waals surface area contributed by atoms with Crippen LogP contribution in [-0.4, -0.2) is 25.4 Å². The lowest BCUT2D eigenvalue weighted by atomic mass is 9.98. The first-order valence-electron chi connectivity index (χ1n) is 10.2. The predicted octanol–water partition coefficient (Wildman–Crippen LogP) is 3.57. The van der Waals surface area contributed by atoms with Gasteiger partial charge in [-0.1, -0.05) is 44.5 Å². The molecule has 0 aliphatic carbocycles. The molecule has 0 aliphatic heterocycles. The summed E-state index contributed by atoms with van der Waals surface area (Å²) in [5.74, 6) is 0.837. The van der Waals surface area contributed by atoms with E-state index in [0.717, 1.165) is 23.3 Å². The summed E-state index contributed by atoms with van der Waals surface area (Å²) in [6.45, 7) is 4.46. The number of hydrogen-bond donors (Lipinski definition) is 2. The van der Waals surface area contributed by atoms with Gasteiger partial charge in [0, 0.05) is 13.0 Å². The Kier molecular flexibility index (Phi) is 5.61. The summed E-state index contributed by atoms with van der Waals surface area (Å²) in [4.78, 5) is 37.6. The van der Waals surface area contributed by atoms with E-state index in [2.05, 4.69) is 34.1 Å². The number of fused-ring (bicyclic) bond motifs is 2. The number of carbonyl (C=O) groups is 1. The van der Waals surface area contributed by atoms with Gasteiger partial charge in [-0.25, -0.2) is 9.97 Å². The van der Waals surface area contributed by atoms with E-state index in [9.17, 15) is 9.59 Å². The van der Waals surface area contributed by atoms with Crippen LogP contribution in [0.2, 0.25) is 0 Å². The number of aryl methyl sites for hydroxylation is 1. The van der Waals surface area contributed by atoms with Crippen LogP contribution in [0.15, 0.2) is 59.7 Å². The van der Waals surface area contributed by atoms with Crippen LogP contribution in [0, 0.1) is 5.92 Å². The number of benzene rings is 2. The Morgan fingerprint density at radius 3 is 2.63 bits per heavy atom. The fourth-order valence-corrected chi connectivity index (χ4v) is 3.57. The molecule has 2 aromatic heterocycles. The molecule has 0 spiro atoms. The van der Waals surface area contributed by atoms with E-state index in [0.29, 0.717) is 10.9 Å². The van der Waals surface area contributed by atoms with Gasteiger partial charge in [-0.05, 0) is 30.2 Å². The van der Waals surface area contributed by atoms with E-state index in [4.69, 9.17) is 0 Å². The molecular weight excluding hydrogens is 378 g/mol. The summed E-state index contributed by atoms with van der Waals surface area (Å²) in [6.07, 6.45) is 2.59. The smallest absolute Gasteiger partial charge is 0.261 e. The standard InChI is InChI=1S/C23H25N5O2/c1-3-15(2)21(22-25-18-10-6-7-11-19(18)26-22)27-20(29)12-13-28-14-24-17-9-5-4-8-16(17)23(28)30/h4-11,14-15,21H,3,12-13H2,1-2H3,(H,25,26)(H,27,29)/t15-,21-/m1/s1. The van der Waals surface area contributed by atoms with Gasteiger partial charge in [0.1, 0.15) is 5.82 Å². The van der Waals surface area contributed by atoms with E-state index in [1.807, 2.05) is 36.4 Å². The number of H-pyrrole nitrogens is 1. The van der Waals surface area contributed by atoms with Crippen molar-refractivity contribution < 1.29 is 4.79 Å². The SMILES string of the molecule is CC[C@@H](C)[C@@H](NC(=O)CCn1cnc2ccccc2c1=O)c1nc2ccccc2[nH]1. The fraction of sp³-hybridized carbons (Fsp3) is 0.304. The Bertz CT molecular complexity index is 1210. The molecule has 1 amide bonds. The van der Waals surface area contributed by atoms with Gasteiger partial charge in [0.2, 0.25) is 5.91 Å². The van der Waals surface area contributed by atoms with Crippen LogP contribution in [0.4, 0.5) is 0 Å². The third-order valence-corrected chi connectivity index (χ3v) is 5.54. The number of aromatic amines is 1. The molecule has 154 valence electrons. The van der Waals surface area contributed by atoms with E-state index >= 15 is 0 Å². The highest BCUT2D eigenvalue weighted by Gasteiger charge is 2.23. The number of aromatic nitrogens is 4. The molecule has 4 aromatic rings. The van der Waals surface area contributed by atoms with Gasteiger partial charge in [-0.2, -0.15) is 0 Å². The Morgan fingerprint density at radius 2 is 1.87 bits per heavy atom. The quantitative estimate of drug-likeness (QED) is 0.493. The number of imidazole rings is 1. The monoisotopic (exact) mass is 403 g/mol. The lowest BCUT2D eigenvalue weighted by Crippen LogP contribution is -2.34. The summed E-state index contributed by atoms with van der Waals surface area (Å²) in [6, 6.07) is 14.8. The third kappa shape index (κ3) is 3.96. The molecule has 0 bridgehead atoms. The average molecular weight is 403 g/mol. The lowest BCUT2D eigenvalue weighted by molar-refractivity contribution is -0.122. The van der Waals surface area contributed by atoms with E-state index in [-0.39, 0.29) is 36.4 Å². The second-order valence-corrected chi connectivity index (χ2v) is 7.58. The van der Waals surface area contributed by atoms with Gasteiger partial charge in [0.05, 0.1) is 34.3 Å². The van der Waals surface area contributed by atoms with Crippen molar-refractivity contribution in [2.75, 3.05) is 0 Å². The molecule has 4 rings (SSSR count). The second-order valence-electron chi connectivity index (χ2n) is 7.58. The van der Waals surface area contributed by atoms with Crippen LogP contribution in [0.1, 0.15) is 38.6 Å². The van der Waals surface area contributed by atoms with E-state index in [1.165, 1.54) is 10.9 Å². The molecular formula is C23H25N5O2. The molecule has 0 unspecified atom stereocenters. The molecule has 0 radical (unpaired) electrons. The minimum Gasteiger partial charge on any atom is -0.346 e. The third-order valence-electron chi connectivity index (χ3n) is 5.54. The van der Waals surface area contributed by atoms with Gasteiger partial charge in [-0.3, -0.25) is 14.2 Å². The van der Waals surface area contributed by atoms with Crippen molar-refractivity contribution >= 4 is 27.8 Å². The maximum Gasteiger partial charge on any atom is 0.261 e. The van der Waals surface area contributed by atoms with Crippen LogP contribution in [0.3, 0.4) is 0 Å².